The molecule has 0 aromatic heterocycles. The Kier molecular flexibility index (Phi) is 22.5. The molecule has 5 aliphatic rings. The molecule has 0 spiro atoms. The number of nitrogens with one attached hydrogen (secondary N) is 3. The second-order valence-electron chi connectivity index (χ2n) is 17.2. The molecule has 31 heteroatoms. The molecule has 0 radical (unpaired) electrons. The maximum Gasteiger partial charge on any atom is 0.352 e. The molecule has 0 aromatic rings. The molecule has 0 aliphatic carbocycles. The van der Waals surface area contributed by atoms with Gasteiger partial charge in [0, 0.05) is 25.9 Å². The molecule has 0 saturated carbocycles. The molecule has 0 unspecified atom stereocenters. The van der Waals surface area contributed by atoms with Crippen molar-refractivity contribution in [2.75, 3.05) is 72.3 Å². The number of rotatable bonds is 24. The molecular formula is C40H65N5O26. The summed E-state index contributed by atoms with van der Waals surface area (Å²) in [4.78, 5) is 80.7. The summed E-state index contributed by atoms with van der Waals surface area (Å²) in [5.41, 5.74) is 0. The Bertz CT molecular complexity index is 1750. The highest BCUT2D eigenvalue weighted by molar-refractivity contribution is 6.01. The summed E-state index contributed by atoms with van der Waals surface area (Å²) in [5.74, 6) is -5.02. The first-order chi connectivity index (χ1) is 33.7. The number of amides is 5. The topological polar surface area (TPSA) is 451 Å². The summed E-state index contributed by atoms with van der Waals surface area (Å²) in [6.45, 7) is -4.18. The third-order valence-corrected chi connectivity index (χ3v) is 11.7. The Labute approximate surface area is 404 Å². The number of ether oxygens (including phenoxy) is 8. The lowest BCUT2D eigenvalue weighted by molar-refractivity contribution is -0.366. The molecular weight excluding hydrogens is 966 g/mol. The lowest BCUT2D eigenvalue weighted by Crippen LogP contribution is -2.65. The second-order valence-corrected chi connectivity index (χ2v) is 17.2. The van der Waals surface area contributed by atoms with E-state index in [0.29, 0.717) is 12.8 Å². The van der Waals surface area contributed by atoms with E-state index in [1.807, 2.05) is 6.92 Å². The van der Waals surface area contributed by atoms with Gasteiger partial charge in [-0.1, -0.05) is 0 Å². The van der Waals surface area contributed by atoms with Gasteiger partial charge in [0.2, 0.25) is 17.7 Å². The van der Waals surface area contributed by atoms with Crippen LogP contribution in [0.2, 0.25) is 0 Å². The van der Waals surface area contributed by atoms with Gasteiger partial charge in [0.05, 0.1) is 58.8 Å². The van der Waals surface area contributed by atoms with Gasteiger partial charge in [0.15, 0.2) is 25.2 Å². The maximum atomic E-state index is 13.2. The van der Waals surface area contributed by atoms with Crippen LogP contribution in [0.3, 0.4) is 0 Å². The van der Waals surface area contributed by atoms with E-state index >= 15 is 0 Å². The number of aliphatic hydroxyl groups is 11. The zero-order valence-corrected chi connectivity index (χ0v) is 38.4. The molecule has 5 amide bonds. The zero-order valence-electron chi connectivity index (χ0n) is 38.4. The minimum absolute atomic E-state index is 0.0651. The molecule has 0 bridgehead atoms. The molecule has 0 aromatic carbocycles. The summed E-state index contributed by atoms with van der Waals surface area (Å²) >= 11 is 0. The zero-order chi connectivity index (χ0) is 52.1. The van der Waals surface area contributed by atoms with E-state index in [2.05, 4.69) is 16.0 Å². The number of hydrogen-bond donors (Lipinski definition) is 14. The molecule has 5 rings (SSSR count). The first-order valence-corrected chi connectivity index (χ1v) is 22.8. The van der Waals surface area contributed by atoms with Gasteiger partial charge in [-0.15, -0.1) is 5.06 Å². The van der Waals surface area contributed by atoms with Crippen LogP contribution in [0.1, 0.15) is 32.6 Å². The van der Waals surface area contributed by atoms with Gasteiger partial charge < -0.3 is 115 Å². The smallest absolute Gasteiger partial charge is 0.352 e. The highest BCUT2D eigenvalue weighted by Gasteiger charge is 2.52. The van der Waals surface area contributed by atoms with Gasteiger partial charge in [-0.2, -0.15) is 0 Å². The predicted molar refractivity (Wildman–Crippen MR) is 223 cm³/mol. The van der Waals surface area contributed by atoms with Crippen LogP contribution in [0.25, 0.3) is 0 Å². The molecule has 5 fully saturated rings. The van der Waals surface area contributed by atoms with E-state index in [9.17, 15) is 84.9 Å². The van der Waals surface area contributed by atoms with Gasteiger partial charge in [-0.05, 0) is 19.8 Å². The fraction of sp³-hybridized carbons (Fsp3) is 0.850. The molecule has 5 saturated heterocycles. The van der Waals surface area contributed by atoms with Crippen LogP contribution in [-0.4, -0.2) is 285 Å². The number of nitrogens with zero attached hydrogens (tertiary/aromatic N) is 2. The molecule has 31 nitrogen and oxygen atoms in total. The summed E-state index contributed by atoms with van der Waals surface area (Å²) in [6, 6.07) is 0. The first-order valence-electron chi connectivity index (χ1n) is 22.8. The minimum Gasteiger partial charge on any atom is -0.394 e. The van der Waals surface area contributed by atoms with Crippen molar-refractivity contribution in [2.24, 2.45) is 0 Å². The fourth-order valence-corrected chi connectivity index (χ4v) is 7.79. The van der Waals surface area contributed by atoms with Crippen LogP contribution in [-0.2, 0) is 71.5 Å². The lowest BCUT2D eigenvalue weighted by atomic mass is 9.96. The Balaban J connectivity index is 1.18. The number of imide groups is 1. The highest BCUT2D eigenvalue weighted by Crippen LogP contribution is 2.31. The van der Waals surface area contributed by atoms with Crippen LogP contribution >= 0.6 is 0 Å². The quantitative estimate of drug-likeness (QED) is 0.0315. The van der Waals surface area contributed by atoms with E-state index in [1.165, 1.54) is 0 Å². The van der Waals surface area contributed by atoms with Crippen molar-refractivity contribution < 1.29 is 128 Å². The number of carbonyl (C=O) groups excluding carboxylic acids is 6. The summed E-state index contributed by atoms with van der Waals surface area (Å²) in [5, 5.41) is 121. The third kappa shape index (κ3) is 16.1. The lowest BCUT2D eigenvalue weighted by Gasteiger charge is -2.46. The molecule has 14 N–H and O–H groups in total. The third-order valence-electron chi connectivity index (χ3n) is 11.7. The Morgan fingerprint density at radius 3 is 1.65 bits per heavy atom. The molecule has 406 valence electrons. The molecule has 5 heterocycles. The fourth-order valence-electron chi connectivity index (χ4n) is 7.79. The number of hydroxylamine groups is 2. The van der Waals surface area contributed by atoms with E-state index in [0.717, 1.165) is 4.90 Å². The molecule has 71 heavy (non-hydrogen) atoms. The standard InChI is InChI=1S/C40H65N5O26/c1-17-2-3-18(48)37(66-17)63-8-6-41-22(49)11-44(13-24(51)43-10-27(54)71-45-25(52)4-5-26(45)53)12-23(50)42-7-9-64-39-35(62)36(70-40-34(61)32(59)29(56)20(15-47)68-40)30(57)21(69-39)16-65-38-33(60)31(58)28(55)19(14-46)67-38/h17-21,28-40,46-48,55-62H,2-16H2,1H3,(H,41,49)(H,42,50)(H,43,51)/t17-,18-,19+,20+,21+,28+,29+,30+,31-,32-,33-,34-,35-,36-,37+,38-,39-,40+/m0/s1. The number of aliphatic hydroxyl groups excluding tert-OH is 11. The van der Waals surface area contributed by atoms with Crippen molar-refractivity contribution in [3.05, 3.63) is 0 Å². The van der Waals surface area contributed by atoms with Gasteiger partial charge in [0.25, 0.3) is 11.8 Å². The van der Waals surface area contributed by atoms with Crippen LogP contribution in [0.15, 0.2) is 0 Å². The summed E-state index contributed by atoms with van der Waals surface area (Å²) in [7, 11) is 0. The second kappa shape index (κ2) is 27.5. The van der Waals surface area contributed by atoms with E-state index in [-0.39, 0.29) is 43.7 Å². The average molecular weight is 1030 g/mol. The number of hydrogen-bond acceptors (Lipinski definition) is 27. The van der Waals surface area contributed by atoms with Crippen molar-refractivity contribution in [3.63, 3.8) is 0 Å². The van der Waals surface area contributed by atoms with Gasteiger partial charge >= 0.3 is 5.97 Å². The van der Waals surface area contributed by atoms with Crippen molar-refractivity contribution in [3.8, 4) is 0 Å². The van der Waals surface area contributed by atoms with Gasteiger partial charge in [-0.25, -0.2) is 4.79 Å². The van der Waals surface area contributed by atoms with Crippen molar-refractivity contribution >= 4 is 35.5 Å². The SMILES string of the molecule is C[C@H]1CC[C@H](O)[C@H](OCCNC(=O)CN(CC(=O)NCCO[C@H]2O[C@H](CO[C@H]3O[C@H](CO)[C@@H](O)[C@H](O)[C@@H]3O)[C@@H](O)[C@H](O[C@H]3O[C@H](CO)[C@@H](O)[C@H](O)[C@@H]3O)[C@@H]2O)CC(=O)NCC(=O)ON2C(=O)CCC2=O)O1. The highest BCUT2D eigenvalue weighted by atomic mass is 16.8. The van der Waals surface area contributed by atoms with Crippen LogP contribution in [0, 0.1) is 0 Å². The largest absolute Gasteiger partial charge is 0.394 e. The van der Waals surface area contributed by atoms with Crippen LogP contribution in [0.5, 0.6) is 0 Å². The summed E-state index contributed by atoms with van der Waals surface area (Å²) in [6.07, 6.45) is -27.9. The predicted octanol–water partition coefficient (Wildman–Crippen LogP) is -10.4. The first kappa shape index (κ1) is 58.1. The van der Waals surface area contributed by atoms with Crippen molar-refractivity contribution in [1.29, 1.82) is 0 Å². The van der Waals surface area contributed by atoms with Crippen molar-refractivity contribution in [1.82, 2.24) is 25.9 Å². The van der Waals surface area contributed by atoms with E-state index in [1.54, 1.807) is 0 Å². The Hall–Kier alpha value is -3.78. The van der Waals surface area contributed by atoms with Gasteiger partial charge in [-0.3, -0.25) is 28.9 Å². The monoisotopic (exact) mass is 1030 g/mol. The van der Waals surface area contributed by atoms with Crippen molar-refractivity contribution in [2.45, 2.75) is 143 Å². The van der Waals surface area contributed by atoms with E-state index in [4.69, 9.17) is 42.7 Å². The minimum atomic E-state index is -1.99. The van der Waals surface area contributed by atoms with Gasteiger partial charge in [0.1, 0.15) is 85.9 Å². The molecule has 5 aliphatic heterocycles. The Morgan fingerprint density at radius 2 is 1.08 bits per heavy atom. The van der Waals surface area contributed by atoms with Crippen LogP contribution in [0.4, 0.5) is 0 Å². The normalized spacial score (nSPS) is 36.7. The van der Waals surface area contributed by atoms with E-state index < -0.39 is 193 Å². The summed E-state index contributed by atoms with van der Waals surface area (Å²) < 4.78 is 44.4. The van der Waals surface area contributed by atoms with Crippen LogP contribution < -0.4 is 16.0 Å². The Morgan fingerprint density at radius 1 is 0.592 bits per heavy atom. The maximum absolute atomic E-state index is 13.2. The average Bonchev–Trinajstić information content (AvgIpc) is 3.65. The molecule has 18 atom stereocenters. The number of carbonyl (C=O) groups is 6.